The number of benzene rings is 2. The Morgan fingerprint density at radius 1 is 1.29 bits per heavy atom. The van der Waals surface area contributed by atoms with Gasteiger partial charge in [-0.15, -0.1) is 0 Å². The lowest BCUT2D eigenvalue weighted by molar-refractivity contribution is -0.121. The maximum absolute atomic E-state index is 13.7. The van der Waals surface area contributed by atoms with Crippen LogP contribution in [0.25, 0.3) is 0 Å². The standard InChI is InChI=1S/C20H22FNO2/c1-13-8-9-18-15(10-13)17(12-20(2,3)24-18)22-19(23)11-14-6-4-5-7-16(14)21/h4-10,17H,11-12H2,1-3H3,(H,22,23). The fourth-order valence-corrected chi connectivity index (χ4v) is 3.16. The third-order valence-electron chi connectivity index (χ3n) is 4.27. The van der Waals surface area contributed by atoms with Crippen LogP contribution in [0.4, 0.5) is 4.39 Å². The number of rotatable bonds is 3. The van der Waals surface area contributed by atoms with Crippen LogP contribution in [-0.2, 0) is 11.2 Å². The molecule has 0 radical (unpaired) electrons. The molecule has 3 nitrogen and oxygen atoms in total. The van der Waals surface area contributed by atoms with Crippen molar-refractivity contribution >= 4 is 5.91 Å². The molecule has 24 heavy (non-hydrogen) atoms. The lowest BCUT2D eigenvalue weighted by atomic mass is 9.89. The predicted octanol–water partition coefficient (Wildman–Crippen LogP) is 4.10. The Kier molecular flexibility index (Phi) is 4.31. The molecule has 1 N–H and O–H groups in total. The molecular formula is C20H22FNO2. The second kappa shape index (κ2) is 6.27. The number of halogens is 1. The number of carbonyl (C=O) groups is 1. The number of hydrogen-bond acceptors (Lipinski definition) is 2. The summed E-state index contributed by atoms with van der Waals surface area (Å²) >= 11 is 0. The highest BCUT2D eigenvalue weighted by atomic mass is 19.1. The monoisotopic (exact) mass is 327 g/mol. The van der Waals surface area contributed by atoms with E-state index in [0.29, 0.717) is 12.0 Å². The van der Waals surface area contributed by atoms with Crippen molar-refractivity contribution in [1.82, 2.24) is 5.32 Å². The largest absolute Gasteiger partial charge is 0.487 e. The van der Waals surface area contributed by atoms with Crippen LogP contribution in [0.3, 0.4) is 0 Å². The molecule has 0 aromatic heterocycles. The van der Waals surface area contributed by atoms with E-state index in [9.17, 15) is 9.18 Å². The number of carbonyl (C=O) groups excluding carboxylic acids is 1. The third-order valence-corrected chi connectivity index (χ3v) is 4.27. The lowest BCUT2D eigenvalue weighted by Crippen LogP contribution is -2.41. The van der Waals surface area contributed by atoms with Crippen molar-refractivity contribution in [3.63, 3.8) is 0 Å². The van der Waals surface area contributed by atoms with E-state index in [1.165, 1.54) is 6.07 Å². The highest BCUT2D eigenvalue weighted by molar-refractivity contribution is 5.79. The lowest BCUT2D eigenvalue weighted by Gasteiger charge is -2.38. The first-order valence-electron chi connectivity index (χ1n) is 8.16. The van der Waals surface area contributed by atoms with Crippen molar-refractivity contribution in [2.24, 2.45) is 0 Å². The molecule has 1 amide bonds. The molecule has 1 unspecified atom stereocenters. The van der Waals surface area contributed by atoms with E-state index in [2.05, 4.69) is 5.32 Å². The number of fused-ring (bicyclic) bond motifs is 1. The van der Waals surface area contributed by atoms with Crippen LogP contribution < -0.4 is 10.1 Å². The van der Waals surface area contributed by atoms with Gasteiger partial charge < -0.3 is 10.1 Å². The van der Waals surface area contributed by atoms with E-state index >= 15 is 0 Å². The Bertz CT molecular complexity index is 770. The van der Waals surface area contributed by atoms with E-state index in [0.717, 1.165) is 16.9 Å². The van der Waals surface area contributed by atoms with Crippen LogP contribution in [0, 0.1) is 12.7 Å². The first-order chi connectivity index (χ1) is 11.3. The molecule has 0 saturated carbocycles. The summed E-state index contributed by atoms with van der Waals surface area (Å²) in [5.41, 5.74) is 2.14. The minimum atomic E-state index is -0.363. The molecular weight excluding hydrogens is 305 g/mol. The second-order valence-electron chi connectivity index (χ2n) is 7.00. The Morgan fingerprint density at radius 2 is 2.04 bits per heavy atom. The number of amides is 1. The average molecular weight is 327 g/mol. The zero-order chi connectivity index (χ0) is 17.3. The average Bonchev–Trinajstić information content (AvgIpc) is 2.49. The Morgan fingerprint density at radius 3 is 2.79 bits per heavy atom. The van der Waals surface area contributed by atoms with Crippen molar-refractivity contribution in [3.05, 3.63) is 65.0 Å². The molecule has 1 aliphatic heterocycles. The zero-order valence-electron chi connectivity index (χ0n) is 14.2. The minimum Gasteiger partial charge on any atom is -0.487 e. The highest BCUT2D eigenvalue weighted by Gasteiger charge is 2.34. The third kappa shape index (κ3) is 3.58. The van der Waals surface area contributed by atoms with Gasteiger partial charge >= 0.3 is 0 Å². The van der Waals surface area contributed by atoms with Crippen LogP contribution in [0.5, 0.6) is 5.75 Å². The van der Waals surface area contributed by atoms with Gasteiger partial charge in [0.25, 0.3) is 0 Å². The fourth-order valence-electron chi connectivity index (χ4n) is 3.16. The minimum absolute atomic E-state index is 0.0333. The first kappa shape index (κ1) is 16.5. The van der Waals surface area contributed by atoms with E-state index in [1.807, 2.05) is 39.0 Å². The summed E-state index contributed by atoms with van der Waals surface area (Å²) in [7, 11) is 0. The van der Waals surface area contributed by atoms with Crippen LogP contribution in [0.1, 0.15) is 43.0 Å². The van der Waals surface area contributed by atoms with Crippen molar-refractivity contribution in [2.75, 3.05) is 0 Å². The second-order valence-corrected chi connectivity index (χ2v) is 7.00. The van der Waals surface area contributed by atoms with Gasteiger partial charge in [-0.3, -0.25) is 4.79 Å². The zero-order valence-corrected chi connectivity index (χ0v) is 14.2. The SMILES string of the molecule is Cc1ccc2c(c1)C(NC(=O)Cc1ccccc1F)CC(C)(C)O2. The van der Waals surface area contributed by atoms with E-state index in [-0.39, 0.29) is 29.8 Å². The van der Waals surface area contributed by atoms with E-state index in [1.54, 1.807) is 18.2 Å². The molecule has 4 heteroatoms. The number of aryl methyl sites for hydroxylation is 1. The molecule has 2 aromatic carbocycles. The van der Waals surface area contributed by atoms with Crippen LogP contribution in [-0.4, -0.2) is 11.5 Å². The van der Waals surface area contributed by atoms with Gasteiger partial charge in [-0.25, -0.2) is 4.39 Å². The van der Waals surface area contributed by atoms with Gasteiger partial charge in [-0.2, -0.15) is 0 Å². The van der Waals surface area contributed by atoms with Crippen molar-refractivity contribution in [3.8, 4) is 5.75 Å². The summed E-state index contributed by atoms with van der Waals surface area (Å²) in [6.45, 7) is 6.02. The molecule has 126 valence electrons. The van der Waals surface area contributed by atoms with E-state index in [4.69, 9.17) is 4.74 Å². The van der Waals surface area contributed by atoms with Gasteiger partial charge in [0.1, 0.15) is 17.2 Å². The number of hydrogen-bond donors (Lipinski definition) is 1. The maximum Gasteiger partial charge on any atom is 0.225 e. The highest BCUT2D eigenvalue weighted by Crippen LogP contribution is 2.39. The van der Waals surface area contributed by atoms with Crippen LogP contribution in [0.15, 0.2) is 42.5 Å². The summed E-state index contributed by atoms with van der Waals surface area (Å²) in [6.07, 6.45) is 0.706. The van der Waals surface area contributed by atoms with Gasteiger partial charge in [0.2, 0.25) is 5.91 Å². The molecule has 0 bridgehead atoms. The molecule has 1 aliphatic rings. The number of nitrogens with one attached hydrogen (secondary N) is 1. The molecule has 0 fully saturated rings. The number of ether oxygens (including phenoxy) is 1. The van der Waals surface area contributed by atoms with Gasteiger partial charge in [-0.1, -0.05) is 35.9 Å². The maximum atomic E-state index is 13.7. The molecule has 3 rings (SSSR count). The van der Waals surface area contributed by atoms with Gasteiger partial charge in [0.05, 0.1) is 12.5 Å². The molecule has 0 saturated heterocycles. The Balaban J connectivity index is 1.80. The van der Waals surface area contributed by atoms with Gasteiger partial charge in [0.15, 0.2) is 0 Å². The topological polar surface area (TPSA) is 38.3 Å². The van der Waals surface area contributed by atoms with Gasteiger partial charge in [0, 0.05) is 12.0 Å². The normalized spacial score (nSPS) is 18.4. The summed E-state index contributed by atoms with van der Waals surface area (Å²) in [5.74, 6) is 0.263. The summed E-state index contributed by atoms with van der Waals surface area (Å²) in [4.78, 5) is 12.4. The molecule has 0 aliphatic carbocycles. The molecule has 1 atom stereocenters. The van der Waals surface area contributed by atoms with Crippen molar-refractivity contribution in [2.45, 2.75) is 45.3 Å². The fraction of sp³-hybridized carbons (Fsp3) is 0.350. The van der Waals surface area contributed by atoms with E-state index < -0.39 is 0 Å². The smallest absolute Gasteiger partial charge is 0.225 e. The Labute approximate surface area is 141 Å². The summed E-state index contributed by atoms with van der Waals surface area (Å²) < 4.78 is 19.8. The quantitative estimate of drug-likeness (QED) is 0.922. The molecule has 1 heterocycles. The van der Waals surface area contributed by atoms with Crippen LogP contribution >= 0.6 is 0 Å². The Hall–Kier alpha value is -2.36. The van der Waals surface area contributed by atoms with Crippen LogP contribution in [0.2, 0.25) is 0 Å². The summed E-state index contributed by atoms with van der Waals surface area (Å²) in [6, 6.07) is 12.2. The first-order valence-corrected chi connectivity index (χ1v) is 8.16. The molecule has 0 spiro atoms. The van der Waals surface area contributed by atoms with Crippen molar-refractivity contribution in [1.29, 1.82) is 0 Å². The molecule has 2 aromatic rings. The van der Waals surface area contributed by atoms with Gasteiger partial charge in [-0.05, 0) is 38.5 Å². The predicted molar refractivity (Wildman–Crippen MR) is 91.5 cm³/mol. The summed E-state index contributed by atoms with van der Waals surface area (Å²) in [5, 5.41) is 3.05. The van der Waals surface area contributed by atoms with Crippen molar-refractivity contribution < 1.29 is 13.9 Å².